The topological polar surface area (TPSA) is 107 Å². The molecular weight excluding hydrogens is 527 g/mol. The number of ether oxygens (including phenoxy) is 3. The maximum absolute atomic E-state index is 15.5. The average Bonchev–Trinajstić information content (AvgIpc) is 3.30. The zero-order chi connectivity index (χ0) is 29.5. The highest BCUT2D eigenvalue weighted by atomic mass is 19.1. The van der Waals surface area contributed by atoms with Gasteiger partial charge in [0, 0.05) is 40.2 Å². The van der Waals surface area contributed by atoms with Gasteiger partial charge in [-0.2, -0.15) is 0 Å². The summed E-state index contributed by atoms with van der Waals surface area (Å²) in [6.45, 7) is 11.9. The summed E-state index contributed by atoms with van der Waals surface area (Å²) in [7, 11) is 0. The van der Waals surface area contributed by atoms with Crippen molar-refractivity contribution in [3.63, 3.8) is 0 Å². The number of carbonyl (C=O) groups is 1. The number of aryl methyl sites for hydroxylation is 1. The predicted octanol–water partition coefficient (Wildman–Crippen LogP) is 6.56. The Morgan fingerprint density at radius 1 is 1.24 bits per heavy atom. The highest BCUT2D eigenvalue weighted by molar-refractivity contribution is 5.82. The molecule has 0 unspecified atom stereocenters. The van der Waals surface area contributed by atoms with E-state index in [0.29, 0.717) is 59.4 Å². The smallest absolute Gasteiger partial charge is 0.337 e. The molecule has 0 saturated heterocycles. The van der Waals surface area contributed by atoms with Gasteiger partial charge in [-0.3, -0.25) is 0 Å². The third-order valence-electron chi connectivity index (χ3n) is 6.90. The predicted molar refractivity (Wildman–Crippen MR) is 154 cm³/mol. The third-order valence-corrected chi connectivity index (χ3v) is 6.90. The highest BCUT2D eigenvalue weighted by Crippen LogP contribution is 2.42. The molecule has 0 bridgehead atoms. The number of aliphatic carboxylic acids is 1. The fourth-order valence-electron chi connectivity index (χ4n) is 5.24. The summed E-state index contributed by atoms with van der Waals surface area (Å²) >= 11 is 0. The van der Waals surface area contributed by atoms with E-state index in [1.54, 1.807) is 38.3 Å². The summed E-state index contributed by atoms with van der Waals surface area (Å²) in [5.41, 5.74) is 3.68. The van der Waals surface area contributed by atoms with E-state index in [-0.39, 0.29) is 5.75 Å². The fourth-order valence-corrected chi connectivity index (χ4v) is 5.24. The Labute approximate surface area is 238 Å². The minimum atomic E-state index is -1.37. The lowest BCUT2D eigenvalue weighted by Crippen LogP contribution is -2.29. The number of hydrogen-bond donors (Lipinski definition) is 2. The number of halogens is 1. The number of benzene rings is 2. The molecule has 0 amide bonds. The van der Waals surface area contributed by atoms with Crippen molar-refractivity contribution in [3.05, 3.63) is 64.6 Å². The van der Waals surface area contributed by atoms with Crippen LogP contribution in [0.4, 0.5) is 15.9 Å². The molecule has 2 N–H and O–H groups in total. The lowest BCUT2D eigenvalue weighted by molar-refractivity contribution is -0.160. The summed E-state index contributed by atoms with van der Waals surface area (Å²) in [6, 6.07) is 10.6. The van der Waals surface area contributed by atoms with E-state index in [9.17, 15) is 9.90 Å². The molecule has 0 radical (unpaired) electrons. The molecule has 5 rings (SSSR count). The molecule has 4 aromatic rings. The molecule has 0 fully saturated rings. The molecule has 1 aliphatic heterocycles. The van der Waals surface area contributed by atoms with Gasteiger partial charge >= 0.3 is 5.97 Å². The first-order chi connectivity index (χ1) is 19.5. The Morgan fingerprint density at radius 3 is 2.73 bits per heavy atom. The largest absolute Gasteiger partial charge is 0.494 e. The van der Waals surface area contributed by atoms with E-state index in [1.807, 2.05) is 38.1 Å². The minimum absolute atomic E-state index is 0.249. The molecule has 2 aromatic heterocycles. The Balaban J connectivity index is 1.76. The van der Waals surface area contributed by atoms with Crippen LogP contribution in [0.3, 0.4) is 0 Å². The van der Waals surface area contributed by atoms with Crippen molar-refractivity contribution >= 4 is 23.1 Å². The number of nitrogens with one attached hydrogen (secondary N) is 1. The van der Waals surface area contributed by atoms with Crippen LogP contribution in [0.15, 0.2) is 36.4 Å². The van der Waals surface area contributed by atoms with E-state index >= 15 is 4.39 Å². The van der Waals surface area contributed by atoms with Crippen LogP contribution in [-0.4, -0.2) is 44.5 Å². The van der Waals surface area contributed by atoms with Gasteiger partial charge < -0.3 is 24.6 Å². The van der Waals surface area contributed by atoms with Crippen LogP contribution in [0, 0.1) is 19.7 Å². The van der Waals surface area contributed by atoms with Crippen LogP contribution in [0.2, 0.25) is 0 Å². The summed E-state index contributed by atoms with van der Waals surface area (Å²) in [4.78, 5) is 17.4. The fraction of sp³-hybridized carbons (Fsp3) is 0.387. The maximum atomic E-state index is 15.5. The van der Waals surface area contributed by atoms with Crippen molar-refractivity contribution in [1.82, 2.24) is 14.6 Å². The Morgan fingerprint density at radius 2 is 2.02 bits per heavy atom. The molecular formula is C31H35FN4O5. The van der Waals surface area contributed by atoms with Gasteiger partial charge in [0.25, 0.3) is 0 Å². The first-order valence-electron chi connectivity index (χ1n) is 13.7. The Kier molecular flexibility index (Phi) is 7.61. The molecule has 0 saturated carbocycles. The number of rotatable bonds is 8. The SMILES string of the molecule is CCOc1cccc(Nc2cc3nc(C)c([C@H](OC(C)(C)C)C(=O)O)c(-c4cc(F)c5c(c4C)CCCO5)n3n2)c1. The Hall–Kier alpha value is -4.18. The van der Waals surface area contributed by atoms with E-state index in [4.69, 9.17) is 24.3 Å². The number of nitrogens with zero attached hydrogens (tertiary/aromatic N) is 3. The number of anilines is 2. The second-order valence-electron chi connectivity index (χ2n) is 11.1. The molecule has 1 atom stereocenters. The van der Waals surface area contributed by atoms with Gasteiger partial charge in [0.05, 0.1) is 24.5 Å². The standard InChI is InChI=1S/C31H35FN4O5/c1-7-39-20-11-8-10-19(14-20)34-24-16-25-33-18(3)26(29(30(37)38)41-31(4,5)6)27(36(25)35-24)22-15-23(32)28-21(17(22)2)12-9-13-40-28/h8,10-11,14-16,29H,7,9,12-13H2,1-6H3,(H,34,35)(H,37,38)/t29-/m0/s1. The van der Waals surface area contributed by atoms with E-state index in [0.717, 1.165) is 23.2 Å². The highest BCUT2D eigenvalue weighted by Gasteiger charge is 2.34. The van der Waals surface area contributed by atoms with Gasteiger partial charge in [-0.25, -0.2) is 18.7 Å². The quantitative estimate of drug-likeness (QED) is 0.249. The normalized spacial score (nSPS) is 13.9. The Bertz CT molecular complexity index is 1630. The molecule has 1 aliphatic rings. The summed E-state index contributed by atoms with van der Waals surface area (Å²) in [5, 5.41) is 18.4. The molecule has 10 heteroatoms. The van der Waals surface area contributed by atoms with Gasteiger partial charge in [-0.15, -0.1) is 5.10 Å². The van der Waals surface area contributed by atoms with Crippen molar-refractivity contribution in [1.29, 1.82) is 0 Å². The lowest BCUT2D eigenvalue weighted by atomic mass is 9.91. The van der Waals surface area contributed by atoms with Crippen molar-refractivity contribution in [3.8, 4) is 22.8 Å². The molecule has 0 spiro atoms. The van der Waals surface area contributed by atoms with Crippen LogP contribution in [0.1, 0.15) is 62.6 Å². The second-order valence-corrected chi connectivity index (χ2v) is 11.1. The number of carboxylic acid groups (broad SMARTS) is 1. The minimum Gasteiger partial charge on any atom is -0.494 e. The first-order valence-corrected chi connectivity index (χ1v) is 13.7. The molecule has 216 valence electrons. The second kappa shape index (κ2) is 11.0. The molecule has 3 heterocycles. The molecule has 0 aliphatic carbocycles. The van der Waals surface area contributed by atoms with Crippen molar-refractivity contribution in [2.75, 3.05) is 18.5 Å². The first kappa shape index (κ1) is 28.4. The molecule has 2 aromatic carbocycles. The van der Waals surface area contributed by atoms with Gasteiger partial charge in [-0.05, 0) is 78.1 Å². The van der Waals surface area contributed by atoms with Crippen LogP contribution >= 0.6 is 0 Å². The summed E-state index contributed by atoms with van der Waals surface area (Å²) in [6.07, 6.45) is 0.0351. The number of aromatic nitrogens is 3. The van der Waals surface area contributed by atoms with Crippen LogP contribution in [0.5, 0.6) is 11.5 Å². The van der Waals surface area contributed by atoms with Crippen molar-refractivity contribution < 1.29 is 28.5 Å². The zero-order valence-corrected chi connectivity index (χ0v) is 24.2. The van der Waals surface area contributed by atoms with Crippen LogP contribution in [0.25, 0.3) is 16.9 Å². The molecule has 41 heavy (non-hydrogen) atoms. The van der Waals surface area contributed by atoms with Crippen LogP contribution < -0.4 is 14.8 Å². The third kappa shape index (κ3) is 5.69. The monoisotopic (exact) mass is 562 g/mol. The van der Waals surface area contributed by atoms with Crippen molar-refractivity contribution in [2.24, 2.45) is 0 Å². The lowest BCUT2D eigenvalue weighted by Gasteiger charge is -2.28. The van der Waals surface area contributed by atoms with Crippen LogP contribution in [-0.2, 0) is 16.0 Å². The number of fused-ring (bicyclic) bond motifs is 2. The van der Waals surface area contributed by atoms with Gasteiger partial charge in [0.15, 0.2) is 29.1 Å². The maximum Gasteiger partial charge on any atom is 0.337 e. The number of hydrogen-bond acceptors (Lipinski definition) is 7. The van der Waals surface area contributed by atoms with Gasteiger partial charge in [0.1, 0.15) is 5.75 Å². The van der Waals surface area contributed by atoms with E-state index < -0.39 is 23.5 Å². The molecule has 9 nitrogen and oxygen atoms in total. The summed E-state index contributed by atoms with van der Waals surface area (Å²) in [5.74, 6) is -0.242. The number of carboxylic acids is 1. The van der Waals surface area contributed by atoms with E-state index in [2.05, 4.69) is 5.32 Å². The van der Waals surface area contributed by atoms with E-state index in [1.165, 1.54) is 6.07 Å². The van der Waals surface area contributed by atoms with Gasteiger partial charge in [0.2, 0.25) is 0 Å². The van der Waals surface area contributed by atoms with Crippen molar-refractivity contribution in [2.45, 2.75) is 66.1 Å². The van der Waals surface area contributed by atoms with Gasteiger partial charge in [-0.1, -0.05) is 6.07 Å². The average molecular weight is 563 g/mol. The summed E-state index contributed by atoms with van der Waals surface area (Å²) < 4.78 is 34.4. The zero-order valence-electron chi connectivity index (χ0n) is 24.2.